The Morgan fingerprint density at radius 3 is 2.59 bits per heavy atom. The largest absolute Gasteiger partial charge is 0.417 e. The van der Waals surface area contributed by atoms with Gasteiger partial charge in [0.15, 0.2) is 5.65 Å². The lowest BCUT2D eigenvalue weighted by molar-refractivity contribution is -0.137. The van der Waals surface area contributed by atoms with Gasteiger partial charge in [-0.2, -0.15) is 13.2 Å². The number of anilines is 1. The number of rotatable bonds is 3. The molecule has 182 valence electrons. The number of hydrogen-bond acceptors (Lipinski definition) is 5. The monoisotopic (exact) mass is 493 g/mol. The fourth-order valence-corrected chi connectivity index (χ4v) is 4.96. The Morgan fingerprint density at radius 2 is 1.91 bits per heavy atom. The zero-order valence-electron chi connectivity index (χ0n) is 19.4. The van der Waals surface area contributed by atoms with Gasteiger partial charge in [-0.15, -0.1) is 21.5 Å². The third kappa shape index (κ3) is 4.79. The van der Waals surface area contributed by atoms with E-state index in [1.54, 1.807) is 11.0 Å². The summed E-state index contributed by atoms with van der Waals surface area (Å²) < 4.78 is 41.0. The molecule has 7 nitrogen and oxygen atoms in total. The fraction of sp³-hybridized carbons (Fsp3) is 0.478. The quantitative estimate of drug-likeness (QED) is 0.549. The number of amides is 2. The smallest absolute Gasteiger partial charge is 0.337 e. The van der Waals surface area contributed by atoms with E-state index in [-0.39, 0.29) is 17.7 Å². The Labute approximate surface area is 199 Å². The summed E-state index contributed by atoms with van der Waals surface area (Å²) >= 11 is 1.23. The molecule has 0 spiro atoms. The van der Waals surface area contributed by atoms with Gasteiger partial charge in [0.25, 0.3) is 5.91 Å². The number of piperidine rings is 1. The lowest BCUT2D eigenvalue weighted by atomic mass is 9.96. The summed E-state index contributed by atoms with van der Waals surface area (Å²) in [6.45, 7) is 8.14. The van der Waals surface area contributed by atoms with Crippen LogP contribution in [0, 0.1) is 12.3 Å². The van der Waals surface area contributed by atoms with Crippen molar-refractivity contribution in [1.82, 2.24) is 19.5 Å². The Morgan fingerprint density at radius 1 is 1.18 bits per heavy atom. The fourth-order valence-electron chi connectivity index (χ4n) is 3.93. The van der Waals surface area contributed by atoms with Crippen molar-refractivity contribution in [2.75, 3.05) is 18.4 Å². The van der Waals surface area contributed by atoms with Crippen LogP contribution in [0.3, 0.4) is 0 Å². The minimum absolute atomic E-state index is 0.136. The molecule has 1 aliphatic rings. The van der Waals surface area contributed by atoms with Crippen molar-refractivity contribution in [1.29, 1.82) is 0 Å². The van der Waals surface area contributed by atoms with Crippen molar-refractivity contribution >= 4 is 33.8 Å². The first kappa shape index (κ1) is 24.2. The number of aryl methyl sites for hydroxylation is 1. The molecular weight excluding hydrogens is 467 g/mol. The summed E-state index contributed by atoms with van der Waals surface area (Å²) in [6.07, 6.45) is -2.07. The van der Waals surface area contributed by atoms with Gasteiger partial charge in [0.2, 0.25) is 5.91 Å². The standard InChI is InChI=1S/C23H26F3N5O2S/c1-13-10-17(27-21(33)22(2,3)4)34-18(13)20(32)30-9-5-6-14(11-30)19-29-28-16-8-7-15(12-31(16)19)23(24,25)26/h7-8,10,12,14H,5-6,9,11H2,1-4H3,(H,27,33). The van der Waals surface area contributed by atoms with Crippen LogP contribution in [0.15, 0.2) is 24.4 Å². The summed E-state index contributed by atoms with van der Waals surface area (Å²) in [5.74, 6) is -0.118. The van der Waals surface area contributed by atoms with Gasteiger partial charge in [0.05, 0.1) is 15.4 Å². The second-order valence-electron chi connectivity index (χ2n) is 9.62. The van der Waals surface area contributed by atoms with Gasteiger partial charge in [0.1, 0.15) is 5.82 Å². The number of thiophene rings is 1. The number of alkyl halides is 3. The predicted octanol–water partition coefficient (Wildman–Crippen LogP) is 5.12. The van der Waals surface area contributed by atoms with Crippen LogP contribution in [0.5, 0.6) is 0 Å². The van der Waals surface area contributed by atoms with Crippen LogP contribution < -0.4 is 5.32 Å². The normalized spacial score (nSPS) is 17.3. The second-order valence-corrected chi connectivity index (χ2v) is 10.7. The van der Waals surface area contributed by atoms with E-state index in [0.29, 0.717) is 47.3 Å². The molecule has 1 saturated heterocycles. The number of likely N-dealkylation sites (tertiary alicyclic amines) is 1. The van der Waals surface area contributed by atoms with E-state index < -0.39 is 17.2 Å². The average molecular weight is 494 g/mol. The number of carbonyl (C=O) groups excluding carboxylic acids is 2. The number of halogens is 3. The molecule has 1 aliphatic heterocycles. The summed E-state index contributed by atoms with van der Waals surface area (Å²) in [5.41, 5.74) is -0.234. The lowest BCUT2D eigenvalue weighted by Gasteiger charge is -2.32. The van der Waals surface area contributed by atoms with Gasteiger partial charge in [-0.05, 0) is 43.5 Å². The first-order chi connectivity index (χ1) is 15.8. The van der Waals surface area contributed by atoms with E-state index in [9.17, 15) is 22.8 Å². The van der Waals surface area contributed by atoms with Crippen LogP contribution in [0.2, 0.25) is 0 Å². The second kappa shape index (κ2) is 8.68. The van der Waals surface area contributed by atoms with Gasteiger partial charge in [-0.1, -0.05) is 20.8 Å². The highest BCUT2D eigenvalue weighted by molar-refractivity contribution is 7.18. The van der Waals surface area contributed by atoms with Crippen LogP contribution in [-0.2, 0) is 11.0 Å². The minimum Gasteiger partial charge on any atom is -0.337 e. The van der Waals surface area contributed by atoms with E-state index in [1.807, 2.05) is 27.7 Å². The molecule has 1 fully saturated rings. The van der Waals surface area contributed by atoms with Crippen molar-refractivity contribution in [3.63, 3.8) is 0 Å². The third-order valence-corrected chi connectivity index (χ3v) is 7.00. The average Bonchev–Trinajstić information content (AvgIpc) is 3.34. The Hall–Kier alpha value is -2.95. The Balaban J connectivity index is 1.55. The van der Waals surface area contributed by atoms with Crippen LogP contribution in [-0.4, -0.2) is 44.4 Å². The maximum Gasteiger partial charge on any atom is 0.417 e. The molecule has 3 aromatic rings. The van der Waals surface area contributed by atoms with Crippen molar-refractivity contribution < 1.29 is 22.8 Å². The topological polar surface area (TPSA) is 79.6 Å². The number of hydrogen-bond donors (Lipinski definition) is 1. The molecule has 1 unspecified atom stereocenters. The zero-order chi connectivity index (χ0) is 24.8. The van der Waals surface area contributed by atoms with Crippen molar-refractivity contribution in [2.45, 2.75) is 52.6 Å². The first-order valence-corrected chi connectivity index (χ1v) is 11.8. The van der Waals surface area contributed by atoms with E-state index in [0.717, 1.165) is 17.8 Å². The van der Waals surface area contributed by atoms with E-state index in [4.69, 9.17) is 0 Å². The Bertz CT molecular complexity index is 1240. The van der Waals surface area contributed by atoms with E-state index >= 15 is 0 Å². The predicted molar refractivity (Wildman–Crippen MR) is 123 cm³/mol. The molecule has 4 heterocycles. The van der Waals surface area contributed by atoms with Crippen molar-refractivity contribution in [3.8, 4) is 0 Å². The van der Waals surface area contributed by atoms with Gasteiger partial charge in [-0.3, -0.25) is 14.0 Å². The minimum atomic E-state index is -4.47. The van der Waals surface area contributed by atoms with Crippen LogP contribution in [0.4, 0.5) is 18.2 Å². The van der Waals surface area contributed by atoms with E-state index in [2.05, 4.69) is 15.5 Å². The molecule has 0 aliphatic carbocycles. The lowest BCUT2D eigenvalue weighted by Crippen LogP contribution is -2.39. The number of nitrogens with one attached hydrogen (secondary N) is 1. The SMILES string of the molecule is Cc1cc(NC(=O)C(C)(C)C)sc1C(=O)N1CCCC(c2nnc3ccc(C(F)(F)F)cn23)C1. The number of carbonyl (C=O) groups is 2. The van der Waals surface area contributed by atoms with E-state index in [1.165, 1.54) is 21.8 Å². The molecule has 4 rings (SSSR count). The maximum absolute atomic E-state index is 13.3. The molecule has 2 amide bonds. The van der Waals surface area contributed by atoms with Gasteiger partial charge in [0, 0.05) is 30.6 Å². The summed E-state index contributed by atoms with van der Waals surface area (Å²) in [6, 6.07) is 4.07. The number of aromatic nitrogens is 3. The third-order valence-electron chi connectivity index (χ3n) is 5.86. The number of fused-ring (bicyclic) bond motifs is 1. The van der Waals surface area contributed by atoms with Crippen LogP contribution in [0.1, 0.15) is 66.2 Å². The molecule has 1 atom stereocenters. The molecule has 1 N–H and O–H groups in total. The summed E-state index contributed by atoms with van der Waals surface area (Å²) in [4.78, 5) is 27.9. The molecular formula is C23H26F3N5O2S. The van der Waals surface area contributed by atoms with Crippen molar-refractivity contribution in [3.05, 3.63) is 46.2 Å². The van der Waals surface area contributed by atoms with Gasteiger partial charge in [-0.25, -0.2) is 0 Å². The highest BCUT2D eigenvalue weighted by atomic mass is 32.1. The maximum atomic E-state index is 13.3. The highest BCUT2D eigenvalue weighted by Crippen LogP contribution is 2.34. The highest BCUT2D eigenvalue weighted by Gasteiger charge is 2.33. The molecule has 0 aromatic carbocycles. The molecule has 11 heteroatoms. The molecule has 0 radical (unpaired) electrons. The molecule has 34 heavy (non-hydrogen) atoms. The Kier molecular flexibility index (Phi) is 6.17. The number of nitrogens with zero attached hydrogens (tertiary/aromatic N) is 4. The van der Waals surface area contributed by atoms with Crippen LogP contribution >= 0.6 is 11.3 Å². The summed E-state index contributed by atoms with van der Waals surface area (Å²) in [5, 5.41) is 11.6. The summed E-state index contributed by atoms with van der Waals surface area (Å²) in [7, 11) is 0. The zero-order valence-corrected chi connectivity index (χ0v) is 20.2. The van der Waals surface area contributed by atoms with Gasteiger partial charge < -0.3 is 10.2 Å². The molecule has 0 saturated carbocycles. The molecule has 3 aromatic heterocycles. The van der Waals surface area contributed by atoms with Crippen molar-refractivity contribution in [2.24, 2.45) is 5.41 Å². The first-order valence-electron chi connectivity index (χ1n) is 11.0. The molecule has 0 bridgehead atoms. The van der Waals surface area contributed by atoms with Crippen LogP contribution in [0.25, 0.3) is 5.65 Å². The van der Waals surface area contributed by atoms with Gasteiger partial charge >= 0.3 is 6.18 Å². The number of pyridine rings is 1.